The predicted molar refractivity (Wildman–Crippen MR) is 97.9 cm³/mol. The fourth-order valence-electron chi connectivity index (χ4n) is 3.65. The van der Waals surface area contributed by atoms with Crippen molar-refractivity contribution in [1.29, 1.82) is 0 Å². The number of nitrogens with zero attached hydrogens (tertiary/aromatic N) is 3. The molecule has 130 valence electrons. The predicted octanol–water partition coefficient (Wildman–Crippen LogP) is 3.27. The van der Waals surface area contributed by atoms with E-state index in [4.69, 9.17) is 0 Å². The molecule has 2 atom stereocenters. The monoisotopic (exact) mass is 366 g/mol. The van der Waals surface area contributed by atoms with E-state index in [9.17, 15) is 4.79 Å². The molecule has 4 heterocycles. The first-order valence-corrected chi connectivity index (χ1v) is 9.31. The second kappa shape index (κ2) is 7.68. The van der Waals surface area contributed by atoms with Gasteiger partial charge in [0, 0.05) is 24.2 Å². The van der Waals surface area contributed by atoms with Crippen molar-refractivity contribution < 1.29 is 4.79 Å². The summed E-state index contributed by atoms with van der Waals surface area (Å²) in [4.78, 5) is 16.2. The van der Waals surface area contributed by atoms with Crippen molar-refractivity contribution in [3.63, 3.8) is 0 Å². The normalized spacial score (nSPS) is 23.9. The molecule has 1 N–H and O–H groups in total. The summed E-state index contributed by atoms with van der Waals surface area (Å²) in [6, 6.07) is 6.67. The Balaban J connectivity index is 0.00000169. The van der Waals surface area contributed by atoms with Crippen molar-refractivity contribution in [3.05, 3.63) is 40.3 Å². The third-order valence-electron chi connectivity index (χ3n) is 4.86. The minimum absolute atomic E-state index is 0. The molecule has 2 saturated heterocycles. The fraction of sp³-hybridized carbons (Fsp3) is 0.529. The van der Waals surface area contributed by atoms with Gasteiger partial charge in [0.05, 0.1) is 12.1 Å². The van der Waals surface area contributed by atoms with Crippen molar-refractivity contribution in [1.82, 2.24) is 20.0 Å². The molecule has 2 aliphatic rings. The van der Waals surface area contributed by atoms with Crippen LogP contribution in [-0.4, -0.2) is 40.2 Å². The van der Waals surface area contributed by atoms with E-state index in [1.807, 2.05) is 21.8 Å². The first-order chi connectivity index (χ1) is 11.3. The maximum atomic E-state index is 12.9. The zero-order valence-electron chi connectivity index (χ0n) is 13.6. The number of carbonyl (C=O) groups is 1. The molecule has 0 saturated carbocycles. The quantitative estimate of drug-likeness (QED) is 0.907. The largest absolute Gasteiger partial charge is 0.329 e. The van der Waals surface area contributed by atoms with Crippen LogP contribution in [0, 0.1) is 0 Å². The molecule has 2 aliphatic heterocycles. The third kappa shape index (κ3) is 3.36. The van der Waals surface area contributed by atoms with Crippen LogP contribution in [0.4, 0.5) is 0 Å². The van der Waals surface area contributed by atoms with Gasteiger partial charge in [-0.1, -0.05) is 6.07 Å². The number of hydrogen-bond donors (Lipinski definition) is 1. The molecule has 4 rings (SSSR count). The third-order valence-corrected chi connectivity index (χ3v) is 5.83. The summed E-state index contributed by atoms with van der Waals surface area (Å²) in [5, 5.41) is 10.1. The van der Waals surface area contributed by atoms with E-state index in [-0.39, 0.29) is 24.4 Å². The summed E-state index contributed by atoms with van der Waals surface area (Å²) in [5.41, 5.74) is 0.582. The SMILES string of the molecule is Cl.O=C(c1ccn(C2CCCNC2)n1)N1CCCC1c1cccs1. The maximum absolute atomic E-state index is 12.9. The second-order valence-electron chi connectivity index (χ2n) is 6.35. The van der Waals surface area contributed by atoms with Gasteiger partial charge in [0.2, 0.25) is 0 Å². The minimum atomic E-state index is 0. The average Bonchev–Trinajstić information content (AvgIpc) is 3.34. The van der Waals surface area contributed by atoms with Crippen molar-refractivity contribution in [2.75, 3.05) is 19.6 Å². The van der Waals surface area contributed by atoms with Gasteiger partial charge in [-0.3, -0.25) is 9.48 Å². The molecular weight excluding hydrogens is 344 g/mol. The smallest absolute Gasteiger partial charge is 0.274 e. The Bertz CT molecular complexity index is 666. The van der Waals surface area contributed by atoms with Gasteiger partial charge in [-0.2, -0.15) is 5.10 Å². The van der Waals surface area contributed by atoms with Crippen LogP contribution in [0.3, 0.4) is 0 Å². The van der Waals surface area contributed by atoms with E-state index < -0.39 is 0 Å². The fourth-order valence-corrected chi connectivity index (χ4v) is 4.52. The molecule has 24 heavy (non-hydrogen) atoms. The van der Waals surface area contributed by atoms with E-state index >= 15 is 0 Å². The van der Waals surface area contributed by atoms with Crippen LogP contribution in [0.2, 0.25) is 0 Å². The van der Waals surface area contributed by atoms with Crippen molar-refractivity contribution >= 4 is 29.7 Å². The molecule has 2 aromatic heterocycles. The topological polar surface area (TPSA) is 50.2 Å². The summed E-state index contributed by atoms with van der Waals surface area (Å²) in [6.07, 6.45) is 6.38. The Kier molecular flexibility index (Phi) is 5.58. The summed E-state index contributed by atoms with van der Waals surface area (Å²) in [6.45, 7) is 2.86. The van der Waals surface area contributed by atoms with Crippen LogP contribution in [-0.2, 0) is 0 Å². The summed E-state index contributed by atoms with van der Waals surface area (Å²) in [7, 11) is 0. The van der Waals surface area contributed by atoms with Crippen LogP contribution in [0.5, 0.6) is 0 Å². The van der Waals surface area contributed by atoms with Crippen molar-refractivity contribution in [3.8, 4) is 0 Å². The highest BCUT2D eigenvalue weighted by Crippen LogP contribution is 2.35. The molecule has 2 aromatic rings. The number of nitrogens with one attached hydrogen (secondary N) is 1. The number of likely N-dealkylation sites (tertiary alicyclic amines) is 1. The molecule has 0 spiro atoms. The Labute approximate surface area is 152 Å². The minimum Gasteiger partial charge on any atom is -0.329 e. The maximum Gasteiger partial charge on any atom is 0.274 e. The number of rotatable bonds is 3. The molecule has 2 unspecified atom stereocenters. The zero-order chi connectivity index (χ0) is 15.6. The van der Waals surface area contributed by atoms with Crippen LogP contribution in [0.1, 0.15) is 53.1 Å². The van der Waals surface area contributed by atoms with Gasteiger partial charge in [-0.05, 0) is 49.7 Å². The van der Waals surface area contributed by atoms with Crippen molar-refractivity contribution in [2.24, 2.45) is 0 Å². The number of thiophene rings is 1. The van der Waals surface area contributed by atoms with Gasteiger partial charge in [0.15, 0.2) is 0 Å². The number of amides is 1. The average molecular weight is 367 g/mol. The zero-order valence-corrected chi connectivity index (χ0v) is 15.2. The number of carbonyl (C=O) groups excluding carboxylic acids is 1. The van der Waals surface area contributed by atoms with Crippen LogP contribution < -0.4 is 5.32 Å². The molecule has 0 aliphatic carbocycles. The van der Waals surface area contributed by atoms with Gasteiger partial charge in [-0.15, -0.1) is 23.7 Å². The second-order valence-corrected chi connectivity index (χ2v) is 7.33. The van der Waals surface area contributed by atoms with E-state index in [0.29, 0.717) is 11.7 Å². The van der Waals surface area contributed by atoms with Crippen molar-refractivity contribution in [2.45, 2.75) is 37.8 Å². The molecule has 0 aromatic carbocycles. The lowest BCUT2D eigenvalue weighted by molar-refractivity contribution is 0.0730. The summed E-state index contributed by atoms with van der Waals surface area (Å²) in [5.74, 6) is 0.0726. The Hall–Kier alpha value is -1.37. The lowest BCUT2D eigenvalue weighted by Gasteiger charge is -2.24. The highest BCUT2D eigenvalue weighted by Gasteiger charge is 2.32. The molecule has 2 fully saturated rings. The first-order valence-electron chi connectivity index (χ1n) is 8.43. The Morgan fingerprint density at radius 2 is 2.21 bits per heavy atom. The summed E-state index contributed by atoms with van der Waals surface area (Å²) < 4.78 is 1.97. The molecule has 7 heteroatoms. The van der Waals surface area contributed by atoms with Gasteiger partial charge in [0.25, 0.3) is 5.91 Å². The number of halogens is 1. The van der Waals surface area contributed by atoms with E-state index in [1.165, 1.54) is 11.3 Å². The van der Waals surface area contributed by atoms with Crippen LogP contribution >= 0.6 is 23.7 Å². The molecule has 5 nitrogen and oxygen atoms in total. The molecular formula is C17H23ClN4OS. The highest BCUT2D eigenvalue weighted by molar-refractivity contribution is 7.10. The molecule has 0 bridgehead atoms. The van der Waals surface area contributed by atoms with E-state index in [1.54, 1.807) is 11.3 Å². The Morgan fingerprint density at radius 1 is 1.29 bits per heavy atom. The number of aromatic nitrogens is 2. The molecule has 1 amide bonds. The van der Waals surface area contributed by atoms with Crippen LogP contribution in [0.25, 0.3) is 0 Å². The van der Waals surface area contributed by atoms with Gasteiger partial charge in [0.1, 0.15) is 5.69 Å². The van der Waals surface area contributed by atoms with E-state index in [2.05, 4.69) is 27.9 Å². The number of piperidine rings is 1. The highest BCUT2D eigenvalue weighted by atomic mass is 35.5. The standard InChI is InChI=1S/C17H22N4OS.ClH/c22-17(20-9-2-5-15(20)16-6-3-11-23-16)14-7-10-21(19-14)13-4-1-8-18-12-13;/h3,6-7,10-11,13,15,18H,1-2,4-5,8-9,12H2;1H. The van der Waals surface area contributed by atoms with Gasteiger partial charge < -0.3 is 10.2 Å². The van der Waals surface area contributed by atoms with Crippen LogP contribution in [0.15, 0.2) is 29.8 Å². The summed E-state index contributed by atoms with van der Waals surface area (Å²) >= 11 is 1.74. The molecule has 0 radical (unpaired) electrons. The lowest BCUT2D eigenvalue weighted by Crippen LogP contribution is -2.33. The Morgan fingerprint density at radius 3 is 2.96 bits per heavy atom. The van der Waals surface area contributed by atoms with E-state index in [0.717, 1.165) is 38.9 Å². The van der Waals surface area contributed by atoms with Gasteiger partial charge >= 0.3 is 0 Å². The number of hydrogen-bond acceptors (Lipinski definition) is 4. The first kappa shape index (κ1) is 17.5. The van der Waals surface area contributed by atoms with Gasteiger partial charge in [-0.25, -0.2) is 0 Å². The lowest BCUT2D eigenvalue weighted by atomic mass is 10.1.